The van der Waals surface area contributed by atoms with Crippen LogP contribution in [0.15, 0.2) is 30.3 Å². The van der Waals surface area contributed by atoms with Gasteiger partial charge in [-0.2, -0.15) is 5.10 Å². The van der Waals surface area contributed by atoms with Gasteiger partial charge in [0.25, 0.3) is 0 Å². The molecule has 2 N–H and O–H groups in total. The lowest BCUT2D eigenvalue weighted by molar-refractivity contribution is 0.114. The molecule has 2 rings (SSSR count). The van der Waals surface area contributed by atoms with Crippen LogP contribution in [-0.4, -0.2) is 33.2 Å². The number of halogens is 1. The minimum Gasteiger partial charge on any atom is -0.395 e. The van der Waals surface area contributed by atoms with Gasteiger partial charge in [0.05, 0.1) is 29.6 Å². The molecule has 1 heterocycles. The van der Waals surface area contributed by atoms with Gasteiger partial charge in [0.2, 0.25) is 0 Å². The molecule has 0 fully saturated rings. The van der Waals surface area contributed by atoms with Crippen molar-refractivity contribution in [2.45, 2.75) is 32.2 Å². The molecule has 0 atom stereocenters. The summed E-state index contributed by atoms with van der Waals surface area (Å²) >= 11 is 6.35. The van der Waals surface area contributed by atoms with E-state index in [1.54, 1.807) is 0 Å². The van der Waals surface area contributed by atoms with E-state index in [-0.39, 0.29) is 13.2 Å². The minimum atomic E-state index is -0.760. The summed E-state index contributed by atoms with van der Waals surface area (Å²) in [5.41, 5.74) is 1.76. The van der Waals surface area contributed by atoms with Crippen LogP contribution in [0.2, 0.25) is 5.02 Å². The standard InChI is InChI=1S/C16H21ClN2O2/c1-3-19-14(15(17)12(2)18-19)9-16(10-20,11-21)13-7-5-4-6-8-13/h4-8,20-21H,3,9-11H2,1-2H3. The van der Waals surface area contributed by atoms with Gasteiger partial charge in [0, 0.05) is 18.4 Å². The van der Waals surface area contributed by atoms with E-state index in [1.165, 1.54) is 0 Å². The molecule has 0 aliphatic rings. The molecule has 0 aliphatic carbocycles. The van der Waals surface area contributed by atoms with E-state index in [4.69, 9.17) is 11.6 Å². The second kappa shape index (κ2) is 6.60. The summed E-state index contributed by atoms with van der Waals surface area (Å²) < 4.78 is 1.83. The zero-order valence-corrected chi connectivity index (χ0v) is 13.1. The fourth-order valence-corrected chi connectivity index (χ4v) is 2.80. The van der Waals surface area contributed by atoms with Crippen LogP contribution in [0.25, 0.3) is 0 Å². The second-order valence-electron chi connectivity index (χ2n) is 5.30. The van der Waals surface area contributed by atoms with Crippen LogP contribution in [0.3, 0.4) is 0 Å². The van der Waals surface area contributed by atoms with E-state index in [2.05, 4.69) is 5.10 Å². The first-order chi connectivity index (χ1) is 10.1. The summed E-state index contributed by atoms with van der Waals surface area (Å²) in [6.45, 7) is 4.24. The Morgan fingerprint density at radius 3 is 2.33 bits per heavy atom. The van der Waals surface area contributed by atoms with Crippen LogP contribution in [-0.2, 0) is 18.4 Å². The topological polar surface area (TPSA) is 58.3 Å². The van der Waals surface area contributed by atoms with Crippen molar-refractivity contribution in [2.24, 2.45) is 0 Å². The van der Waals surface area contributed by atoms with E-state index >= 15 is 0 Å². The lowest BCUT2D eigenvalue weighted by atomic mass is 9.78. The van der Waals surface area contributed by atoms with E-state index in [0.29, 0.717) is 18.0 Å². The van der Waals surface area contributed by atoms with Gasteiger partial charge in [0.15, 0.2) is 0 Å². The number of benzene rings is 1. The van der Waals surface area contributed by atoms with E-state index in [1.807, 2.05) is 48.9 Å². The Morgan fingerprint density at radius 2 is 1.81 bits per heavy atom. The Bertz CT molecular complexity index is 592. The highest BCUT2D eigenvalue weighted by molar-refractivity contribution is 6.31. The Balaban J connectivity index is 2.46. The second-order valence-corrected chi connectivity index (χ2v) is 5.68. The molecule has 0 bridgehead atoms. The smallest absolute Gasteiger partial charge is 0.0847 e. The largest absolute Gasteiger partial charge is 0.395 e. The molecule has 0 amide bonds. The zero-order valence-electron chi connectivity index (χ0n) is 12.4. The maximum absolute atomic E-state index is 9.92. The van der Waals surface area contributed by atoms with Crippen LogP contribution < -0.4 is 0 Å². The predicted octanol–water partition coefficient (Wildman–Crippen LogP) is 2.33. The monoisotopic (exact) mass is 308 g/mol. The fourth-order valence-electron chi connectivity index (χ4n) is 2.60. The first-order valence-electron chi connectivity index (χ1n) is 7.07. The maximum Gasteiger partial charge on any atom is 0.0847 e. The maximum atomic E-state index is 9.92. The average Bonchev–Trinajstić information content (AvgIpc) is 2.80. The lowest BCUT2D eigenvalue weighted by Gasteiger charge is -2.30. The number of hydrogen-bond acceptors (Lipinski definition) is 3. The summed E-state index contributed by atoms with van der Waals surface area (Å²) in [5.74, 6) is 0. The molecule has 0 spiro atoms. The molecule has 0 saturated heterocycles. The first-order valence-corrected chi connectivity index (χ1v) is 7.44. The van der Waals surface area contributed by atoms with E-state index < -0.39 is 5.41 Å². The van der Waals surface area contributed by atoms with Crippen molar-refractivity contribution < 1.29 is 10.2 Å². The number of aliphatic hydroxyl groups excluding tert-OH is 2. The van der Waals surface area contributed by atoms with Gasteiger partial charge in [-0.3, -0.25) is 4.68 Å². The molecular formula is C16H21ClN2O2. The van der Waals surface area contributed by atoms with Crippen molar-refractivity contribution in [1.82, 2.24) is 9.78 Å². The number of rotatable bonds is 6. The average molecular weight is 309 g/mol. The molecule has 1 aromatic carbocycles. The number of nitrogens with zero attached hydrogens (tertiary/aromatic N) is 2. The molecule has 4 nitrogen and oxygen atoms in total. The number of aryl methyl sites for hydroxylation is 2. The van der Waals surface area contributed by atoms with Gasteiger partial charge in [-0.15, -0.1) is 0 Å². The normalized spacial score (nSPS) is 11.9. The summed E-state index contributed by atoms with van der Waals surface area (Å²) in [6, 6.07) is 9.55. The summed E-state index contributed by atoms with van der Waals surface area (Å²) in [7, 11) is 0. The molecule has 0 saturated carbocycles. The molecular weight excluding hydrogens is 288 g/mol. The minimum absolute atomic E-state index is 0.155. The summed E-state index contributed by atoms with van der Waals surface area (Å²) in [6.07, 6.45) is 0.442. The first kappa shape index (κ1) is 16.0. The quantitative estimate of drug-likeness (QED) is 0.861. The number of aliphatic hydroxyl groups is 2. The van der Waals surface area contributed by atoms with Crippen molar-refractivity contribution in [3.05, 3.63) is 52.3 Å². The van der Waals surface area contributed by atoms with Gasteiger partial charge in [-0.1, -0.05) is 41.9 Å². The molecule has 21 heavy (non-hydrogen) atoms. The Morgan fingerprint density at radius 1 is 1.19 bits per heavy atom. The zero-order chi connectivity index (χ0) is 15.5. The van der Waals surface area contributed by atoms with Crippen LogP contribution in [0.1, 0.15) is 23.9 Å². The van der Waals surface area contributed by atoms with Gasteiger partial charge < -0.3 is 10.2 Å². The highest BCUT2D eigenvalue weighted by atomic mass is 35.5. The molecule has 2 aromatic rings. The van der Waals surface area contributed by atoms with E-state index in [0.717, 1.165) is 17.0 Å². The third-order valence-corrected chi connectivity index (χ3v) is 4.44. The molecule has 0 radical (unpaired) electrons. The fraction of sp³-hybridized carbons (Fsp3) is 0.438. The van der Waals surface area contributed by atoms with Crippen molar-refractivity contribution in [1.29, 1.82) is 0 Å². The third-order valence-electron chi connectivity index (χ3n) is 3.95. The lowest BCUT2D eigenvalue weighted by Crippen LogP contribution is -2.38. The highest BCUT2D eigenvalue weighted by Crippen LogP contribution is 2.32. The van der Waals surface area contributed by atoms with Gasteiger partial charge in [-0.25, -0.2) is 0 Å². The van der Waals surface area contributed by atoms with Gasteiger partial charge in [-0.05, 0) is 19.4 Å². The van der Waals surface area contributed by atoms with Crippen molar-refractivity contribution in [2.75, 3.05) is 13.2 Å². The predicted molar refractivity (Wildman–Crippen MR) is 83.6 cm³/mol. The third kappa shape index (κ3) is 2.98. The Kier molecular flexibility index (Phi) is 5.04. The number of aromatic nitrogens is 2. The van der Waals surface area contributed by atoms with Gasteiger partial charge >= 0.3 is 0 Å². The highest BCUT2D eigenvalue weighted by Gasteiger charge is 2.33. The molecule has 0 unspecified atom stereocenters. The van der Waals surface area contributed by atoms with Crippen LogP contribution in [0, 0.1) is 6.92 Å². The van der Waals surface area contributed by atoms with Crippen molar-refractivity contribution in [3.63, 3.8) is 0 Å². The van der Waals surface area contributed by atoms with Crippen LogP contribution >= 0.6 is 11.6 Å². The SMILES string of the molecule is CCn1nc(C)c(Cl)c1CC(CO)(CO)c1ccccc1. The van der Waals surface area contributed by atoms with Crippen molar-refractivity contribution >= 4 is 11.6 Å². The van der Waals surface area contributed by atoms with Gasteiger partial charge in [0.1, 0.15) is 0 Å². The number of hydrogen-bond donors (Lipinski definition) is 2. The van der Waals surface area contributed by atoms with Crippen LogP contribution in [0.5, 0.6) is 0 Å². The molecule has 114 valence electrons. The Labute approximate surface area is 130 Å². The molecule has 1 aromatic heterocycles. The summed E-state index contributed by atoms with van der Waals surface area (Å²) in [4.78, 5) is 0. The van der Waals surface area contributed by atoms with Crippen molar-refractivity contribution in [3.8, 4) is 0 Å². The van der Waals surface area contributed by atoms with E-state index in [9.17, 15) is 10.2 Å². The Hall–Kier alpha value is -1.36. The molecule has 5 heteroatoms. The van der Waals surface area contributed by atoms with Crippen LogP contribution in [0.4, 0.5) is 0 Å². The molecule has 0 aliphatic heterocycles. The summed E-state index contributed by atoms with van der Waals surface area (Å²) in [5, 5.41) is 24.8.